The SMILES string of the molecule is C1=CI=c2sc3ccccc3c2=C1. The van der Waals surface area contributed by atoms with Crippen LogP contribution in [0.15, 0.2) is 34.4 Å². The number of halogens is 1. The van der Waals surface area contributed by atoms with Crippen LogP contribution in [0.2, 0.25) is 0 Å². The maximum atomic E-state index is 2.33. The number of fused-ring (bicyclic) bond motifs is 3. The second-order valence-electron chi connectivity index (χ2n) is 2.88. The highest BCUT2D eigenvalue weighted by atomic mass is 127. The first kappa shape index (κ1) is 7.88. The van der Waals surface area contributed by atoms with Crippen molar-refractivity contribution in [3.8, 4) is 0 Å². The van der Waals surface area contributed by atoms with E-state index in [2.05, 4.69) is 40.5 Å². The Kier molecular flexibility index (Phi) is 1.84. The third kappa shape index (κ3) is 1.20. The zero-order valence-corrected chi connectivity index (χ0v) is 9.80. The minimum absolute atomic E-state index is 0.154. The summed E-state index contributed by atoms with van der Waals surface area (Å²) in [6.45, 7) is 0. The zero-order chi connectivity index (χ0) is 8.67. The van der Waals surface area contributed by atoms with E-state index in [0.717, 1.165) is 0 Å². The van der Waals surface area contributed by atoms with E-state index < -0.39 is 0 Å². The Bertz CT molecular complexity index is 605. The Morgan fingerprint density at radius 2 is 2.08 bits per heavy atom. The number of hydrogen-bond acceptors (Lipinski definition) is 1. The second-order valence-corrected chi connectivity index (χ2v) is 7.08. The van der Waals surface area contributed by atoms with Gasteiger partial charge in [-0.1, -0.05) is 51.1 Å². The van der Waals surface area contributed by atoms with Gasteiger partial charge in [0.1, 0.15) is 0 Å². The van der Waals surface area contributed by atoms with Crippen molar-refractivity contribution >= 4 is 48.2 Å². The Morgan fingerprint density at radius 1 is 1.15 bits per heavy atom. The second kappa shape index (κ2) is 3.03. The lowest BCUT2D eigenvalue weighted by Gasteiger charge is -1.86. The Morgan fingerprint density at radius 3 is 3.08 bits per heavy atom. The van der Waals surface area contributed by atoms with E-state index in [1.165, 1.54) is 15.3 Å². The number of allylic oxidation sites excluding steroid dienone is 1. The maximum Gasteiger partial charge on any atom is 0.0684 e. The van der Waals surface area contributed by atoms with Crippen LogP contribution in [0, 0.1) is 2.47 Å². The van der Waals surface area contributed by atoms with Crippen LogP contribution in [0.3, 0.4) is 0 Å². The molecule has 1 aromatic heterocycles. The Balaban J connectivity index is 2.66. The molecule has 2 heterocycles. The fourth-order valence-corrected chi connectivity index (χ4v) is 5.44. The van der Waals surface area contributed by atoms with Crippen molar-refractivity contribution in [3.05, 3.63) is 42.1 Å². The molecule has 1 aliphatic rings. The van der Waals surface area contributed by atoms with Crippen LogP contribution in [0.4, 0.5) is 0 Å². The number of rotatable bonds is 0. The predicted octanol–water partition coefficient (Wildman–Crippen LogP) is 3.43. The summed E-state index contributed by atoms with van der Waals surface area (Å²) < 4.78 is 5.38. The van der Waals surface area contributed by atoms with Crippen LogP contribution in [0.25, 0.3) is 16.2 Å². The average molecular weight is 298 g/mol. The molecule has 2 heteroatoms. The molecule has 3 rings (SSSR count). The van der Waals surface area contributed by atoms with E-state index >= 15 is 0 Å². The van der Waals surface area contributed by atoms with Crippen molar-refractivity contribution in [2.45, 2.75) is 0 Å². The fourth-order valence-electron chi connectivity index (χ4n) is 1.50. The molecule has 0 atom stereocenters. The smallest absolute Gasteiger partial charge is 0.0684 e. The van der Waals surface area contributed by atoms with Gasteiger partial charge in [0.25, 0.3) is 0 Å². The van der Waals surface area contributed by atoms with Crippen molar-refractivity contribution in [2.24, 2.45) is 0 Å². The topological polar surface area (TPSA) is 0 Å². The van der Waals surface area contributed by atoms with Gasteiger partial charge >= 0.3 is 0 Å². The lowest BCUT2D eigenvalue weighted by molar-refractivity contribution is 1.79. The van der Waals surface area contributed by atoms with E-state index in [4.69, 9.17) is 0 Å². The van der Waals surface area contributed by atoms with Crippen LogP contribution in [0.1, 0.15) is 0 Å². The lowest BCUT2D eigenvalue weighted by atomic mass is 10.2. The van der Waals surface area contributed by atoms with Gasteiger partial charge in [-0.15, -0.1) is 11.3 Å². The van der Waals surface area contributed by atoms with Gasteiger partial charge in [-0.2, -0.15) is 0 Å². The molecule has 1 aromatic carbocycles. The van der Waals surface area contributed by atoms with Crippen LogP contribution in [-0.2, 0) is 0 Å². The van der Waals surface area contributed by atoms with Gasteiger partial charge in [0.05, 0.1) is 2.47 Å². The van der Waals surface area contributed by atoms with Gasteiger partial charge in [0, 0.05) is 15.3 Å². The summed E-state index contributed by atoms with van der Waals surface area (Å²) in [5.74, 6) is 0. The van der Waals surface area contributed by atoms with Gasteiger partial charge in [-0.05, 0) is 10.1 Å². The molecular weight excluding hydrogens is 291 g/mol. The first-order chi connectivity index (χ1) is 6.45. The van der Waals surface area contributed by atoms with Gasteiger partial charge in [0.2, 0.25) is 0 Å². The van der Waals surface area contributed by atoms with E-state index in [1.54, 1.807) is 2.47 Å². The van der Waals surface area contributed by atoms with Crippen molar-refractivity contribution < 1.29 is 0 Å². The minimum atomic E-state index is 0.154. The van der Waals surface area contributed by atoms with Crippen LogP contribution >= 0.6 is 32.1 Å². The number of hydrogen-bond donors (Lipinski definition) is 0. The molecule has 0 bridgehead atoms. The predicted molar refractivity (Wildman–Crippen MR) is 67.9 cm³/mol. The molecule has 0 spiro atoms. The number of thiophene rings is 1. The molecule has 0 fully saturated rings. The highest BCUT2D eigenvalue weighted by molar-refractivity contribution is 14.2. The molecule has 2 aromatic rings. The van der Waals surface area contributed by atoms with Crippen molar-refractivity contribution in [3.63, 3.8) is 0 Å². The Labute approximate surface area is 90.0 Å². The molecular formula is C11H7IS. The summed E-state index contributed by atoms with van der Waals surface area (Å²) >= 11 is 2.12. The molecule has 0 nitrogen and oxygen atoms in total. The number of benzene rings is 1. The summed E-state index contributed by atoms with van der Waals surface area (Å²) in [5.41, 5.74) is 0. The van der Waals surface area contributed by atoms with Crippen molar-refractivity contribution in [1.29, 1.82) is 0 Å². The normalized spacial score (nSPS) is 14.2. The fraction of sp³-hybridized carbons (Fsp3) is 0. The third-order valence-corrected chi connectivity index (χ3v) is 6.24. The minimum Gasteiger partial charge on any atom is -0.129 e. The summed E-state index contributed by atoms with van der Waals surface area (Å²) in [7, 11) is 0. The molecule has 0 saturated carbocycles. The summed E-state index contributed by atoms with van der Waals surface area (Å²) in [6, 6.07) is 8.69. The van der Waals surface area contributed by atoms with Crippen LogP contribution in [0.5, 0.6) is 0 Å². The van der Waals surface area contributed by atoms with Gasteiger partial charge in [-0.25, -0.2) is 0 Å². The highest BCUT2D eigenvalue weighted by Gasteiger charge is 1.99. The van der Waals surface area contributed by atoms with E-state index in [9.17, 15) is 0 Å². The third-order valence-electron chi connectivity index (χ3n) is 2.09. The largest absolute Gasteiger partial charge is 0.129 e. The zero-order valence-electron chi connectivity index (χ0n) is 6.83. The van der Waals surface area contributed by atoms with Gasteiger partial charge in [-0.3, -0.25) is 0 Å². The first-order valence-electron chi connectivity index (χ1n) is 4.10. The first-order valence-corrected chi connectivity index (χ1v) is 7.24. The van der Waals surface area contributed by atoms with Gasteiger partial charge in [0.15, 0.2) is 0 Å². The molecule has 0 N–H and O–H groups in total. The molecule has 0 saturated heterocycles. The lowest BCUT2D eigenvalue weighted by Crippen LogP contribution is -1.96. The van der Waals surface area contributed by atoms with Crippen molar-refractivity contribution in [2.75, 3.05) is 0 Å². The molecule has 64 valence electrons. The summed E-state index contributed by atoms with van der Waals surface area (Å²) in [4.78, 5) is 0. The van der Waals surface area contributed by atoms with Crippen LogP contribution in [-0.4, -0.2) is 0 Å². The molecule has 0 aliphatic carbocycles. The van der Waals surface area contributed by atoms with Gasteiger partial charge < -0.3 is 0 Å². The Hall–Kier alpha value is -0.480. The van der Waals surface area contributed by atoms with E-state index in [1.807, 2.05) is 11.3 Å². The molecule has 0 unspecified atom stereocenters. The summed E-state index contributed by atoms with van der Waals surface area (Å²) in [5, 5.41) is 2.92. The maximum absolute atomic E-state index is 2.33. The van der Waals surface area contributed by atoms with Crippen molar-refractivity contribution in [1.82, 2.24) is 0 Å². The average Bonchev–Trinajstić information content (AvgIpc) is 2.56. The van der Waals surface area contributed by atoms with E-state index in [0.29, 0.717) is 0 Å². The molecule has 1 aliphatic heterocycles. The van der Waals surface area contributed by atoms with Crippen LogP contribution < -0.4 is 5.22 Å². The standard InChI is InChI=1S/C11H7IS/c1-2-6-10-8(4-1)9-5-3-7-12-11(9)13-10/h1-7H. The molecule has 0 amide bonds. The quantitative estimate of drug-likeness (QED) is 0.654. The highest BCUT2D eigenvalue weighted by Crippen LogP contribution is 2.23. The molecule has 13 heavy (non-hydrogen) atoms. The van der Waals surface area contributed by atoms with E-state index in [-0.39, 0.29) is 20.7 Å². The summed E-state index contributed by atoms with van der Waals surface area (Å²) in [6.07, 6.45) is 4.45. The molecule has 0 radical (unpaired) electrons. The monoisotopic (exact) mass is 298 g/mol.